The summed E-state index contributed by atoms with van der Waals surface area (Å²) in [6.45, 7) is 1.19. The monoisotopic (exact) mass is 378 g/mol. The van der Waals surface area contributed by atoms with Gasteiger partial charge in [-0.25, -0.2) is 0 Å². The van der Waals surface area contributed by atoms with Gasteiger partial charge in [-0.2, -0.15) is 0 Å². The summed E-state index contributed by atoms with van der Waals surface area (Å²) in [4.78, 5) is 13.0. The minimum atomic E-state index is -0.410. The molecule has 8 heteroatoms. The Morgan fingerprint density at radius 2 is 1.69 bits per heavy atom. The first-order valence-electron chi connectivity index (χ1n) is 7.97. The van der Waals surface area contributed by atoms with Gasteiger partial charge in [0.25, 0.3) is 5.69 Å². The van der Waals surface area contributed by atoms with E-state index in [1.165, 1.54) is 12.1 Å². The van der Waals surface area contributed by atoms with Crippen molar-refractivity contribution in [1.29, 1.82) is 0 Å². The minimum Gasteiger partial charge on any atom is -0.508 e. The molecule has 7 nitrogen and oxygen atoms in total. The third kappa shape index (κ3) is 5.73. The number of fused-ring (bicyclic) bond motifs is 1. The van der Waals surface area contributed by atoms with Crippen LogP contribution in [0.3, 0.4) is 0 Å². The van der Waals surface area contributed by atoms with Gasteiger partial charge in [-0.15, -0.1) is 12.4 Å². The van der Waals surface area contributed by atoms with Crippen molar-refractivity contribution in [1.82, 2.24) is 4.98 Å². The van der Waals surface area contributed by atoms with E-state index in [0.717, 1.165) is 34.9 Å². The molecule has 1 aromatic heterocycles. The molecule has 3 rings (SSSR count). The molecule has 3 aromatic rings. The van der Waals surface area contributed by atoms with E-state index in [9.17, 15) is 15.2 Å². The maximum absolute atomic E-state index is 10.3. The highest BCUT2D eigenvalue weighted by Crippen LogP contribution is 2.22. The number of hydrogen-bond donors (Lipinski definition) is 4. The summed E-state index contributed by atoms with van der Waals surface area (Å²) >= 11 is 0. The zero-order valence-electron chi connectivity index (χ0n) is 14.2. The third-order valence-electron chi connectivity index (χ3n) is 3.74. The molecule has 0 radical (unpaired) electrons. The normalized spacial score (nSPS) is 9.92. The molecule has 0 saturated heterocycles. The molecule has 0 aliphatic heterocycles. The second-order valence-electron chi connectivity index (χ2n) is 5.54. The van der Waals surface area contributed by atoms with Crippen LogP contribution in [-0.4, -0.2) is 28.1 Å². The highest BCUT2D eigenvalue weighted by molar-refractivity contribution is 5.85. The van der Waals surface area contributed by atoms with E-state index in [4.69, 9.17) is 11.5 Å². The van der Waals surface area contributed by atoms with Gasteiger partial charge in [0.15, 0.2) is 0 Å². The number of nitrogens with one attached hydrogen (secondary N) is 1. The molecule has 1 heterocycles. The molecule has 6 N–H and O–H groups in total. The van der Waals surface area contributed by atoms with E-state index in [1.54, 1.807) is 24.3 Å². The molecule has 0 unspecified atom stereocenters. The molecule has 0 atom stereocenters. The topological polar surface area (TPSA) is 131 Å². The lowest BCUT2D eigenvalue weighted by Crippen LogP contribution is -2.02. The number of nitrogens with zero attached hydrogens (tertiary/aromatic N) is 1. The summed E-state index contributed by atoms with van der Waals surface area (Å²) in [5, 5.41) is 20.6. The SMILES string of the molecule is Cl.NCCc1c[nH]c2ccc(O)cc12.NCCc1ccc([N+](=O)[O-])cc1. The van der Waals surface area contributed by atoms with Crippen LogP contribution in [0.25, 0.3) is 10.9 Å². The highest BCUT2D eigenvalue weighted by atomic mass is 35.5. The van der Waals surface area contributed by atoms with Gasteiger partial charge in [0.1, 0.15) is 5.75 Å². The molecule has 0 aliphatic rings. The van der Waals surface area contributed by atoms with E-state index in [1.807, 2.05) is 12.3 Å². The average Bonchev–Trinajstić information content (AvgIpc) is 2.99. The number of H-pyrrole nitrogens is 1. The molecular weight excluding hydrogens is 356 g/mol. The Balaban J connectivity index is 0.000000251. The number of phenols is 1. The van der Waals surface area contributed by atoms with E-state index < -0.39 is 4.92 Å². The smallest absolute Gasteiger partial charge is 0.269 e. The number of aromatic hydroxyl groups is 1. The number of aromatic amines is 1. The minimum absolute atomic E-state index is 0. The number of nitro groups is 1. The van der Waals surface area contributed by atoms with Crippen molar-refractivity contribution in [2.24, 2.45) is 11.5 Å². The van der Waals surface area contributed by atoms with E-state index in [0.29, 0.717) is 18.8 Å². The largest absolute Gasteiger partial charge is 0.508 e. The highest BCUT2D eigenvalue weighted by Gasteiger charge is 2.03. The average molecular weight is 379 g/mol. The number of rotatable bonds is 5. The summed E-state index contributed by atoms with van der Waals surface area (Å²) in [7, 11) is 0. The Morgan fingerprint density at radius 3 is 2.27 bits per heavy atom. The maximum Gasteiger partial charge on any atom is 0.269 e. The van der Waals surface area contributed by atoms with Gasteiger partial charge in [0.2, 0.25) is 0 Å². The second-order valence-corrected chi connectivity index (χ2v) is 5.54. The standard InChI is InChI=1S/C10H12N2O.C8H10N2O2.ClH/c11-4-3-7-6-12-10-2-1-8(13)5-9(7)10;9-6-5-7-1-3-8(4-2-7)10(11)12;/h1-2,5-6,12-13H,3-4,11H2;1-4H,5-6,9H2;1H. The predicted octanol–water partition coefficient (Wildman–Crippen LogP) is 2.89. The Morgan fingerprint density at radius 1 is 1.04 bits per heavy atom. The van der Waals surface area contributed by atoms with Gasteiger partial charge in [0.05, 0.1) is 4.92 Å². The van der Waals surface area contributed by atoms with Gasteiger partial charge in [-0.3, -0.25) is 10.1 Å². The molecule has 0 bridgehead atoms. The fraction of sp³-hybridized carbons (Fsp3) is 0.222. The quantitative estimate of drug-likeness (QED) is 0.400. The molecule has 0 amide bonds. The van der Waals surface area contributed by atoms with Crippen LogP contribution in [0, 0.1) is 10.1 Å². The van der Waals surface area contributed by atoms with Gasteiger partial charge in [0, 0.05) is 29.2 Å². The molecule has 0 spiro atoms. The first kappa shape index (κ1) is 21.4. The van der Waals surface area contributed by atoms with Crippen LogP contribution in [0.2, 0.25) is 0 Å². The van der Waals surface area contributed by atoms with Gasteiger partial charge < -0.3 is 21.6 Å². The van der Waals surface area contributed by atoms with Crippen molar-refractivity contribution in [3.05, 3.63) is 69.9 Å². The molecule has 0 aliphatic carbocycles. The molecule has 26 heavy (non-hydrogen) atoms. The number of benzene rings is 2. The van der Waals surface area contributed by atoms with Crippen LogP contribution in [-0.2, 0) is 12.8 Å². The van der Waals surface area contributed by atoms with Gasteiger partial charge in [-0.05, 0) is 55.3 Å². The van der Waals surface area contributed by atoms with Crippen LogP contribution in [0.5, 0.6) is 5.75 Å². The van der Waals surface area contributed by atoms with Crippen LogP contribution in [0.4, 0.5) is 5.69 Å². The van der Waals surface area contributed by atoms with Crippen LogP contribution in [0.15, 0.2) is 48.7 Å². The summed E-state index contributed by atoms with van der Waals surface area (Å²) in [5.41, 5.74) is 14.2. The Bertz CT molecular complexity index is 834. The number of halogens is 1. The van der Waals surface area contributed by atoms with E-state index in [2.05, 4.69) is 4.98 Å². The second kappa shape index (κ2) is 10.4. The predicted molar refractivity (Wildman–Crippen MR) is 106 cm³/mol. The zero-order chi connectivity index (χ0) is 18.2. The van der Waals surface area contributed by atoms with E-state index in [-0.39, 0.29) is 18.1 Å². The molecule has 0 saturated carbocycles. The van der Waals surface area contributed by atoms with Crippen molar-refractivity contribution >= 4 is 29.0 Å². The van der Waals surface area contributed by atoms with Gasteiger partial charge in [-0.1, -0.05) is 12.1 Å². The number of aromatic nitrogens is 1. The zero-order valence-corrected chi connectivity index (χ0v) is 15.0. The summed E-state index contributed by atoms with van der Waals surface area (Å²) in [6, 6.07) is 11.7. The lowest BCUT2D eigenvalue weighted by atomic mass is 10.1. The number of non-ortho nitro benzene ring substituents is 1. The van der Waals surface area contributed by atoms with Crippen molar-refractivity contribution in [2.75, 3.05) is 13.1 Å². The number of hydrogen-bond acceptors (Lipinski definition) is 5. The fourth-order valence-electron chi connectivity index (χ4n) is 2.48. The van der Waals surface area contributed by atoms with Crippen LogP contribution >= 0.6 is 12.4 Å². The summed E-state index contributed by atoms with van der Waals surface area (Å²) < 4.78 is 0. The first-order chi connectivity index (χ1) is 12.0. The Hall–Kier alpha value is -2.61. The molecule has 2 aromatic carbocycles. The van der Waals surface area contributed by atoms with Crippen molar-refractivity contribution in [2.45, 2.75) is 12.8 Å². The Labute approximate surface area is 157 Å². The summed E-state index contributed by atoms with van der Waals surface area (Å²) in [5.74, 6) is 0.297. The molecule has 140 valence electrons. The molecule has 0 fully saturated rings. The van der Waals surface area contributed by atoms with Gasteiger partial charge >= 0.3 is 0 Å². The number of nitro benzene ring substituents is 1. The lowest BCUT2D eigenvalue weighted by molar-refractivity contribution is -0.384. The third-order valence-corrected chi connectivity index (χ3v) is 3.74. The molecular formula is C18H23ClN4O3. The number of nitrogens with two attached hydrogens (primary N) is 2. The Kier molecular flexibility index (Phi) is 8.57. The maximum atomic E-state index is 10.3. The van der Waals surface area contributed by atoms with Crippen LogP contribution < -0.4 is 11.5 Å². The van der Waals surface area contributed by atoms with Crippen molar-refractivity contribution < 1.29 is 10.0 Å². The van der Waals surface area contributed by atoms with Crippen LogP contribution in [0.1, 0.15) is 11.1 Å². The number of phenolic OH excluding ortho intramolecular Hbond substituents is 1. The summed E-state index contributed by atoms with van der Waals surface area (Å²) in [6.07, 6.45) is 3.54. The van der Waals surface area contributed by atoms with Crippen molar-refractivity contribution in [3.8, 4) is 5.75 Å². The van der Waals surface area contributed by atoms with E-state index >= 15 is 0 Å². The lowest BCUT2D eigenvalue weighted by Gasteiger charge is -1.96. The van der Waals surface area contributed by atoms with Crippen molar-refractivity contribution in [3.63, 3.8) is 0 Å². The first-order valence-corrected chi connectivity index (χ1v) is 7.97. The fourth-order valence-corrected chi connectivity index (χ4v) is 2.48.